The highest BCUT2D eigenvalue weighted by Gasteiger charge is 1.98. The molecule has 6 heteroatoms. The lowest BCUT2D eigenvalue weighted by Gasteiger charge is -2.01. The van der Waals surface area contributed by atoms with Gasteiger partial charge >= 0.3 is 0 Å². The zero-order valence-electron chi connectivity index (χ0n) is 17.9. The molecule has 2 aromatic heterocycles. The van der Waals surface area contributed by atoms with Crippen LogP contribution in [0.2, 0.25) is 0 Å². The van der Waals surface area contributed by atoms with Gasteiger partial charge in [0.05, 0.1) is 0 Å². The van der Waals surface area contributed by atoms with E-state index in [0.29, 0.717) is 18.1 Å². The van der Waals surface area contributed by atoms with Crippen molar-refractivity contribution in [3.63, 3.8) is 0 Å². The number of nitrogens with zero attached hydrogens (tertiary/aromatic N) is 2. The fraction of sp³-hybridized carbons (Fsp3) is 0.429. The van der Waals surface area contributed by atoms with Crippen molar-refractivity contribution in [2.24, 2.45) is 0 Å². The van der Waals surface area contributed by atoms with Crippen LogP contribution in [-0.2, 0) is 9.59 Å². The standard InChI is InChI=1S/C9H12N2O.C8H10N2O.2C2H6/c1-3-9(12)11-8-6-4-5-7(2)10-8;1-6-4-3-5-8(9-6)10-7(2)11;2*1-2/h4-6H,3H2,1-2H3,(H,10,11,12);3-5H,1-2H3,(H,9,10,11);2*1-2H3. The normalized spacial score (nSPS) is 8.44. The predicted molar refractivity (Wildman–Crippen MR) is 114 cm³/mol. The van der Waals surface area contributed by atoms with Crippen LogP contribution in [0.4, 0.5) is 11.6 Å². The molecule has 2 rings (SSSR count). The van der Waals surface area contributed by atoms with Gasteiger partial charge in [-0.15, -0.1) is 0 Å². The van der Waals surface area contributed by atoms with Gasteiger partial charge in [-0.3, -0.25) is 9.59 Å². The van der Waals surface area contributed by atoms with E-state index in [-0.39, 0.29) is 11.8 Å². The number of amides is 2. The Morgan fingerprint density at radius 2 is 1.22 bits per heavy atom. The van der Waals surface area contributed by atoms with Gasteiger partial charge in [0.15, 0.2) is 0 Å². The number of pyridine rings is 2. The van der Waals surface area contributed by atoms with Crippen LogP contribution < -0.4 is 10.6 Å². The summed E-state index contributed by atoms with van der Waals surface area (Å²) in [5, 5.41) is 5.28. The van der Waals surface area contributed by atoms with E-state index < -0.39 is 0 Å². The van der Waals surface area contributed by atoms with E-state index >= 15 is 0 Å². The summed E-state index contributed by atoms with van der Waals surface area (Å²) in [6.45, 7) is 15.0. The first kappa shape index (κ1) is 26.5. The van der Waals surface area contributed by atoms with Crippen molar-refractivity contribution >= 4 is 23.5 Å². The van der Waals surface area contributed by atoms with E-state index in [0.717, 1.165) is 11.4 Å². The fourth-order valence-corrected chi connectivity index (χ4v) is 1.64. The quantitative estimate of drug-likeness (QED) is 0.779. The summed E-state index contributed by atoms with van der Waals surface area (Å²) in [6.07, 6.45) is 0.482. The maximum Gasteiger partial charge on any atom is 0.225 e. The first-order valence-electron chi connectivity index (χ1n) is 9.35. The summed E-state index contributed by atoms with van der Waals surface area (Å²) in [6, 6.07) is 11.0. The van der Waals surface area contributed by atoms with E-state index in [1.807, 2.05) is 72.7 Å². The lowest BCUT2D eigenvalue weighted by Crippen LogP contribution is -2.10. The molecule has 0 radical (unpaired) electrons. The van der Waals surface area contributed by atoms with Crippen LogP contribution in [0.15, 0.2) is 36.4 Å². The summed E-state index contributed by atoms with van der Waals surface area (Å²) in [7, 11) is 0. The molecule has 0 aliphatic carbocycles. The van der Waals surface area contributed by atoms with Crippen molar-refractivity contribution in [3.05, 3.63) is 47.8 Å². The topological polar surface area (TPSA) is 84.0 Å². The number of carbonyl (C=O) groups excluding carboxylic acids is 2. The van der Waals surface area contributed by atoms with Crippen molar-refractivity contribution in [2.45, 2.75) is 61.8 Å². The van der Waals surface area contributed by atoms with E-state index in [1.165, 1.54) is 6.92 Å². The minimum atomic E-state index is -0.0944. The Hall–Kier alpha value is -2.76. The number of hydrogen-bond donors (Lipinski definition) is 2. The molecular formula is C21H34N4O2. The highest BCUT2D eigenvalue weighted by molar-refractivity contribution is 5.89. The number of carbonyl (C=O) groups is 2. The Balaban J connectivity index is 0. The van der Waals surface area contributed by atoms with Crippen LogP contribution in [0, 0.1) is 13.8 Å². The Labute approximate surface area is 163 Å². The molecule has 0 aliphatic heterocycles. The number of hydrogen-bond acceptors (Lipinski definition) is 4. The number of aromatic nitrogens is 2. The molecule has 2 amide bonds. The fourth-order valence-electron chi connectivity index (χ4n) is 1.64. The van der Waals surface area contributed by atoms with Gasteiger partial charge in [0.2, 0.25) is 11.8 Å². The molecule has 0 aliphatic rings. The van der Waals surface area contributed by atoms with Crippen LogP contribution in [0.3, 0.4) is 0 Å². The maximum atomic E-state index is 10.9. The molecule has 0 saturated heterocycles. The summed E-state index contributed by atoms with van der Waals surface area (Å²) < 4.78 is 0. The molecule has 150 valence electrons. The van der Waals surface area contributed by atoms with Crippen molar-refractivity contribution in [1.82, 2.24) is 9.97 Å². The van der Waals surface area contributed by atoms with Crippen LogP contribution in [0.5, 0.6) is 0 Å². The highest BCUT2D eigenvalue weighted by Crippen LogP contribution is 2.04. The molecule has 0 aromatic carbocycles. The number of anilines is 2. The summed E-state index contributed by atoms with van der Waals surface area (Å²) in [5.41, 5.74) is 1.81. The third kappa shape index (κ3) is 14.1. The number of nitrogens with one attached hydrogen (secondary N) is 2. The molecule has 6 nitrogen and oxygen atoms in total. The first-order valence-corrected chi connectivity index (χ1v) is 9.35. The van der Waals surface area contributed by atoms with E-state index in [9.17, 15) is 9.59 Å². The summed E-state index contributed by atoms with van der Waals surface area (Å²) in [5.74, 6) is 1.13. The molecule has 0 spiro atoms. The molecular weight excluding hydrogens is 340 g/mol. The van der Waals surface area contributed by atoms with Crippen LogP contribution in [-0.4, -0.2) is 21.8 Å². The van der Waals surface area contributed by atoms with Gasteiger partial charge in [-0.05, 0) is 38.1 Å². The monoisotopic (exact) mass is 374 g/mol. The zero-order valence-corrected chi connectivity index (χ0v) is 17.9. The SMILES string of the molecule is CC.CC.CC(=O)Nc1cccc(C)n1.CCC(=O)Nc1cccc(C)n1. The minimum absolute atomic E-state index is 0.00639. The van der Waals surface area contributed by atoms with Gasteiger partial charge in [-0.2, -0.15) is 0 Å². The average molecular weight is 375 g/mol. The van der Waals surface area contributed by atoms with E-state index in [1.54, 1.807) is 12.1 Å². The smallest absolute Gasteiger partial charge is 0.225 e. The Bertz CT molecular complexity index is 673. The van der Waals surface area contributed by atoms with Crippen molar-refractivity contribution < 1.29 is 9.59 Å². The van der Waals surface area contributed by atoms with Crippen molar-refractivity contribution in [3.8, 4) is 0 Å². The number of aryl methyl sites for hydroxylation is 2. The zero-order chi connectivity index (χ0) is 21.2. The van der Waals surface area contributed by atoms with Gasteiger partial charge in [0.25, 0.3) is 0 Å². The minimum Gasteiger partial charge on any atom is -0.311 e. The summed E-state index contributed by atoms with van der Waals surface area (Å²) >= 11 is 0. The van der Waals surface area contributed by atoms with Crippen LogP contribution in [0.25, 0.3) is 0 Å². The molecule has 0 bridgehead atoms. The second-order valence-electron chi connectivity index (χ2n) is 4.91. The predicted octanol–water partition coefficient (Wildman–Crippen LogP) is 5.14. The third-order valence-corrected chi connectivity index (χ3v) is 2.67. The molecule has 0 atom stereocenters. The third-order valence-electron chi connectivity index (χ3n) is 2.67. The second-order valence-corrected chi connectivity index (χ2v) is 4.91. The van der Waals surface area contributed by atoms with Crippen LogP contribution >= 0.6 is 0 Å². The lowest BCUT2D eigenvalue weighted by atomic mass is 10.3. The lowest BCUT2D eigenvalue weighted by molar-refractivity contribution is -0.116. The number of rotatable bonds is 3. The molecule has 2 N–H and O–H groups in total. The van der Waals surface area contributed by atoms with Gasteiger partial charge in [0.1, 0.15) is 11.6 Å². The van der Waals surface area contributed by atoms with Gasteiger partial charge in [-0.1, -0.05) is 46.8 Å². The molecule has 27 heavy (non-hydrogen) atoms. The molecule has 2 aromatic rings. The van der Waals surface area contributed by atoms with Crippen molar-refractivity contribution in [1.29, 1.82) is 0 Å². The summed E-state index contributed by atoms with van der Waals surface area (Å²) in [4.78, 5) is 29.7. The Kier molecular flexibility index (Phi) is 16.4. The highest BCUT2D eigenvalue weighted by atomic mass is 16.2. The van der Waals surface area contributed by atoms with Gasteiger partial charge < -0.3 is 10.6 Å². The Morgan fingerprint density at radius 1 is 0.815 bits per heavy atom. The van der Waals surface area contributed by atoms with Crippen LogP contribution in [0.1, 0.15) is 59.4 Å². The van der Waals surface area contributed by atoms with Gasteiger partial charge in [-0.25, -0.2) is 9.97 Å². The van der Waals surface area contributed by atoms with Crippen molar-refractivity contribution in [2.75, 3.05) is 10.6 Å². The van der Waals surface area contributed by atoms with Gasteiger partial charge in [0, 0.05) is 24.7 Å². The molecule has 0 saturated carbocycles. The molecule has 0 unspecified atom stereocenters. The molecule has 2 heterocycles. The maximum absolute atomic E-state index is 10.9. The Morgan fingerprint density at radius 3 is 1.56 bits per heavy atom. The largest absolute Gasteiger partial charge is 0.311 e. The average Bonchev–Trinajstić information content (AvgIpc) is 2.65. The first-order chi connectivity index (χ1) is 12.9. The second kappa shape index (κ2) is 16.7. The molecule has 0 fully saturated rings. The van der Waals surface area contributed by atoms with E-state index in [2.05, 4.69) is 20.6 Å². The van der Waals surface area contributed by atoms with E-state index in [4.69, 9.17) is 0 Å².